The molecule has 0 saturated carbocycles. The van der Waals surface area contributed by atoms with E-state index in [1.165, 1.54) is 13.0 Å². The second kappa shape index (κ2) is 8.95. The molecular weight excluding hydrogens is 399 g/mol. The predicted octanol–water partition coefficient (Wildman–Crippen LogP) is 4.77. The molecule has 28 heavy (non-hydrogen) atoms. The molecule has 1 heterocycles. The van der Waals surface area contributed by atoms with Crippen molar-refractivity contribution >= 4 is 52.1 Å². The van der Waals surface area contributed by atoms with Crippen molar-refractivity contribution in [3.8, 4) is 5.75 Å². The van der Waals surface area contributed by atoms with E-state index in [1.54, 1.807) is 36.4 Å². The molecule has 3 rings (SSSR count). The van der Waals surface area contributed by atoms with E-state index in [4.69, 9.17) is 27.9 Å². The van der Waals surface area contributed by atoms with Gasteiger partial charge >= 0.3 is 5.97 Å². The van der Waals surface area contributed by atoms with E-state index >= 15 is 0 Å². The third-order valence-corrected chi connectivity index (χ3v) is 4.82. The second-order valence-electron chi connectivity index (χ2n) is 6.18. The zero-order chi connectivity index (χ0) is 20.1. The number of ether oxygens (including phenoxy) is 1. The smallest absolute Gasteiger partial charge is 0.336 e. The zero-order valence-electron chi connectivity index (χ0n) is 15.1. The van der Waals surface area contributed by atoms with Crippen molar-refractivity contribution in [1.82, 2.24) is 10.3 Å². The molecule has 1 aromatic heterocycles. The third kappa shape index (κ3) is 5.15. The summed E-state index contributed by atoms with van der Waals surface area (Å²) in [6.07, 6.45) is 5.51. The molecule has 144 valence electrons. The SMILES string of the molecule is CC(=O)NCCc1c[nH]c2ccc(OC(=O)/C=C/c3ccc(Cl)c(Cl)c3)cc12. The van der Waals surface area contributed by atoms with Crippen LogP contribution in [-0.4, -0.2) is 23.4 Å². The fourth-order valence-electron chi connectivity index (χ4n) is 2.73. The Bertz CT molecular complexity index is 1060. The van der Waals surface area contributed by atoms with E-state index in [0.717, 1.165) is 22.0 Å². The normalized spacial score (nSPS) is 11.1. The van der Waals surface area contributed by atoms with Crippen LogP contribution in [0.4, 0.5) is 0 Å². The molecule has 0 unspecified atom stereocenters. The van der Waals surface area contributed by atoms with Crippen molar-refractivity contribution in [3.63, 3.8) is 0 Å². The lowest BCUT2D eigenvalue weighted by Crippen LogP contribution is -2.22. The second-order valence-corrected chi connectivity index (χ2v) is 7.00. The van der Waals surface area contributed by atoms with Gasteiger partial charge in [0.1, 0.15) is 5.75 Å². The lowest BCUT2D eigenvalue weighted by Gasteiger charge is -2.04. The topological polar surface area (TPSA) is 71.2 Å². The first-order chi connectivity index (χ1) is 13.4. The summed E-state index contributed by atoms with van der Waals surface area (Å²) < 4.78 is 5.40. The molecule has 0 radical (unpaired) electrons. The van der Waals surface area contributed by atoms with Gasteiger partial charge in [0.15, 0.2) is 0 Å². The Kier molecular flexibility index (Phi) is 6.39. The van der Waals surface area contributed by atoms with Gasteiger partial charge in [0.25, 0.3) is 0 Å². The first kappa shape index (κ1) is 20.0. The summed E-state index contributed by atoms with van der Waals surface area (Å²) in [5, 5.41) is 4.59. The van der Waals surface area contributed by atoms with Crippen LogP contribution in [0.15, 0.2) is 48.7 Å². The van der Waals surface area contributed by atoms with Crippen LogP contribution in [0.1, 0.15) is 18.1 Å². The van der Waals surface area contributed by atoms with Crippen LogP contribution in [0, 0.1) is 0 Å². The molecule has 0 fully saturated rings. The summed E-state index contributed by atoms with van der Waals surface area (Å²) in [6.45, 7) is 2.02. The summed E-state index contributed by atoms with van der Waals surface area (Å²) in [6, 6.07) is 10.5. The summed E-state index contributed by atoms with van der Waals surface area (Å²) in [5.74, 6) is -0.124. The lowest BCUT2D eigenvalue weighted by atomic mass is 10.1. The summed E-state index contributed by atoms with van der Waals surface area (Å²) in [5.41, 5.74) is 2.71. The molecule has 0 saturated heterocycles. The van der Waals surface area contributed by atoms with Crippen LogP contribution in [0.25, 0.3) is 17.0 Å². The van der Waals surface area contributed by atoms with Crippen LogP contribution in [-0.2, 0) is 16.0 Å². The number of aromatic nitrogens is 1. The van der Waals surface area contributed by atoms with Gasteiger partial charge in [0.2, 0.25) is 5.91 Å². The average molecular weight is 417 g/mol. The molecule has 5 nitrogen and oxygen atoms in total. The van der Waals surface area contributed by atoms with Gasteiger partial charge in [-0.2, -0.15) is 0 Å². The number of halogens is 2. The minimum atomic E-state index is -0.499. The minimum absolute atomic E-state index is 0.0665. The van der Waals surface area contributed by atoms with Crippen molar-refractivity contribution < 1.29 is 14.3 Å². The Labute approximate surface area is 172 Å². The largest absolute Gasteiger partial charge is 0.423 e. The molecule has 3 aromatic rings. The summed E-state index contributed by atoms with van der Waals surface area (Å²) >= 11 is 11.8. The molecule has 0 aliphatic heterocycles. The molecule has 0 atom stereocenters. The number of carbonyl (C=O) groups excluding carboxylic acids is 2. The lowest BCUT2D eigenvalue weighted by molar-refractivity contribution is -0.128. The number of fused-ring (bicyclic) bond motifs is 1. The molecule has 0 bridgehead atoms. The van der Waals surface area contributed by atoms with E-state index in [1.807, 2.05) is 12.3 Å². The van der Waals surface area contributed by atoms with Crippen LogP contribution >= 0.6 is 23.2 Å². The van der Waals surface area contributed by atoms with Gasteiger partial charge in [-0.15, -0.1) is 0 Å². The fraction of sp³-hybridized carbons (Fsp3) is 0.143. The standard InChI is InChI=1S/C21H18Cl2N2O3/c1-13(26)24-9-8-15-12-25-20-6-4-16(11-17(15)20)28-21(27)7-3-14-2-5-18(22)19(23)10-14/h2-7,10-12,25H,8-9H2,1H3,(H,24,26)/b7-3+. The van der Waals surface area contributed by atoms with E-state index in [2.05, 4.69) is 10.3 Å². The monoisotopic (exact) mass is 416 g/mol. The van der Waals surface area contributed by atoms with Gasteiger partial charge in [-0.3, -0.25) is 4.79 Å². The van der Waals surface area contributed by atoms with Gasteiger partial charge in [0, 0.05) is 36.6 Å². The van der Waals surface area contributed by atoms with Crippen LogP contribution in [0.5, 0.6) is 5.75 Å². The Hall–Kier alpha value is -2.76. The summed E-state index contributed by atoms with van der Waals surface area (Å²) in [4.78, 5) is 26.3. The highest BCUT2D eigenvalue weighted by atomic mass is 35.5. The Morgan fingerprint density at radius 1 is 1.14 bits per heavy atom. The first-order valence-corrected chi connectivity index (χ1v) is 9.37. The maximum Gasteiger partial charge on any atom is 0.336 e. The molecule has 2 aromatic carbocycles. The quantitative estimate of drug-likeness (QED) is 0.345. The van der Waals surface area contributed by atoms with Gasteiger partial charge in [-0.25, -0.2) is 4.79 Å². The number of esters is 1. The highest BCUT2D eigenvalue weighted by Gasteiger charge is 2.08. The third-order valence-electron chi connectivity index (χ3n) is 4.08. The number of rotatable bonds is 6. The van der Waals surface area contributed by atoms with Crippen molar-refractivity contribution in [2.24, 2.45) is 0 Å². The fourth-order valence-corrected chi connectivity index (χ4v) is 3.04. The molecular formula is C21H18Cl2N2O3. The van der Waals surface area contributed by atoms with Crippen molar-refractivity contribution in [2.45, 2.75) is 13.3 Å². The number of H-pyrrole nitrogens is 1. The van der Waals surface area contributed by atoms with E-state index < -0.39 is 5.97 Å². The molecule has 0 spiro atoms. The van der Waals surface area contributed by atoms with Gasteiger partial charge in [-0.05, 0) is 54.0 Å². The summed E-state index contributed by atoms with van der Waals surface area (Å²) in [7, 11) is 0. The van der Waals surface area contributed by atoms with Crippen molar-refractivity contribution in [1.29, 1.82) is 0 Å². The zero-order valence-corrected chi connectivity index (χ0v) is 16.6. The maximum atomic E-state index is 12.1. The van der Waals surface area contributed by atoms with Crippen molar-refractivity contribution in [3.05, 3.63) is 69.8 Å². The van der Waals surface area contributed by atoms with E-state index in [-0.39, 0.29) is 5.91 Å². The van der Waals surface area contributed by atoms with Gasteiger partial charge < -0.3 is 15.0 Å². The molecule has 0 aliphatic carbocycles. The minimum Gasteiger partial charge on any atom is -0.423 e. The molecule has 7 heteroatoms. The van der Waals surface area contributed by atoms with Crippen LogP contribution in [0.2, 0.25) is 10.0 Å². The Morgan fingerprint density at radius 2 is 1.96 bits per heavy atom. The number of benzene rings is 2. The maximum absolute atomic E-state index is 12.1. The first-order valence-electron chi connectivity index (χ1n) is 8.62. The highest BCUT2D eigenvalue weighted by Crippen LogP contribution is 2.25. The van der Waals surface area contributed by atoms with Crippen molar-refractivity contribution in [2.75, 3.05) is 6.54 Å². The molecule has 1 amide bonds. The number of aromatic amines is 1. The molecule has 0 aliphatic rings. The number of hydrogen-bond acceptors (Lipinski definition) is 3. The highest BCUT2D eigenvalue weighted by molar-refractivity contribution is 6.42. The van der Waals surface area contributed by atoms with E-state index in [9.17, 15) is 9.59 Å². The number of carbonyl (C=O) groups is 2. The average Bonchev–Trinajstić information content (AvgIpc) is 3.05. The van der Waals surface area contributed by atoms with Crippen LogP contribution < -0.4 is 10.1 Å². The van der Waals surface area contributed by atoms with Gasteiger partial charge in [0.05, 0.1) is 10.0 Å². The Balaban J connectivity index is 1.69. The number of hydrogen-bond donors (Lipinski definition) is 2. The van der Waals surface area contributed by atoms with Crippen LogP contribution in [0.3, 0.4) is 0 Å². The van der Waals surface area contributed by atoms with Gasteiger partial charge in [-0.1, -0.05) is 29.3 Å². The number of nitrogens with one attached hydrogen (secondary N) is 2. The Morgan fingerprint density at radius 3 is 2.71 bits per heavy atom. The predicted molar refractivity (Wildman–Crippen MR) is 112 cm³/mol. The van der Waals surface area contributed by atoms with E-state index in [0.29, 0.717) is 28.8 Å². The number of amides is 1. The molecule has 2 N–H and O–H groups in total.